The number of hydrogen-bond donors (Lipinski definition) is 12. The van der Waals surface area contributed by atoms with Crippen LogP contribution in [0.4, 0.5) is 10.5 Å². The number of aromatic nitrogens is 1. The number of amides is 8. The number of likely N-dealkylation sites (N-methyl/N-ethyl adjacent to an activating group) is 2. The topological polar surface area (TPSA) is 490 Å². The molecule has 2 fully saturated rings. The number of urea groups is 1. The Morgan fingerprint density at radius 1 is 0.633 bits per heavy atom. The van der Waals surface area contributed by atoms with Gasteiger partial charge in [-0.2, -0.15) is 19.2 Å². The van der Waals surface area contributed by atoms with E-state index in [4.69, 9.17) is 38.1 Å². The second kappa shape index (κ2) is 52.6. The molecule has 0 bridgehead atoms. The van der Waals surface area contributed by atoms with Crippen molar-refractivity contribution in [1.82, 2.24) is 61.4 Å². The maximum absolute atomic E-state index is 13.8. The van der Waals surface area contributed by atoms with Crippen molar-refractivity contribution in [3.63, 3.8) is 0 Å². The highest BCUT2D eigenvalue weighted by Crippen LogP contribution is 2.24. The highest BCUT2D eigenvalue weighted by molar-refractivity contribution is 14.1. The van der Waals surface area contributed by atoms with E-state index in [1.54, 1.807) is 30.3 Å². The largest absolute Gasteiger partial charge is 0.484 e. The van der Waals surface area contributed by atoms with Crippen LogP contribution < -0.4 is 42.0 Å². The minimum absolute atomic E-state index is 0.0199. The van der Waals surface area contributed by atoms with Crippen LogP contribution in [0, 0.1) is 3.57 Å². The molecule has 4 atom stereocenters. The standard InChI is InChI=1S/C69H99BIN13O19.2CO2/c1-80-28-30-81(2)52(44-83(46-65(91)92)33-32-82(31-29-80)45-64(89)90)40-48-13-17-51(18-14-48)77-69(97)75-24-6-3-8-56(67(94)79-57(68(95)96)9-4-5-23-73-61(86)41-49-11-15-50(71)16-12-49)78-60(85)22-34-100-36-38-102-39-37-101-35-26-74-62(87)47-103-53-19-20-54-55(21-25-72-58(54)42-53)66(93)76-43-63(88)84-27-7-10-59(84)70(98)99;2*2-1-3/h11-21,25,42,52,56-57,59,98-99H,3-10,22-24,26-41,43-47H2,1-2H3,(H,73,86)(H,74,87)(H,76,93)(H,78,85)(H,79,94)(H,89,90)(H,91,92)(H,95,96)(H2,75,77,97);;/t52?,56-,57-,59-;;/m0../s1. The van der Waals surface area contributed by atoms with E-state index in [1.807, 2.05) is 60.3 Å². The van der Waals surface area contributed by atoms with E-state index < -0.39 is 78.6 Å². The van der Waals surface area contributed by atoms with Crippen molar-refractivity contribution in [2.24, 2.45) is 0 Å². The Kier molecular flexibility index (Phi) is 44.4. The van der Waals surface area contributed by atoms with E-state index >= 15 is 0 Å². The molecule has 38 heteroatoms. The Hall–Kier alpha value is -9.44. The minimum Gasteiger partial charge on any atom is -0.484 e. The summed E-state index contributed by atoms with van der Waals surface area (Å²) in [5.41, 5.74) is 3.02. The fraction of sp³-hybridized carbons (Fsp3) is 0.535. The summed E-state index contributed by atoms with van der Waals surface area (Å²) < 4.78 is 23.4. The second-order valence-corrected chi connectivity index (χ2v) is 26.8. The van der Waals surface area contributed by atoms with E-state index in [2.05, 4.69) is 74.6 Å². The lowest BCUT2D eigenvalue weighted by Gasteiger charge is -2.36. The molecule has 3 heterocycles. The number of nitrogens with zero attached hydrogens (tertiary/aromatic N) is 6. The SMILES string of the molecule is CN1CCN(CC(=O)O)CCN(CC(=O)O)CC(Cc2ccc(NC(=O)NCCCC[C@H](NC(=O)CCOCCOCCOCCNC(=O)COc3ccc4c(C(=O)NCC(=O)N5CCC[C@H]5B(O)O)ccnc4c3)C(=O)N[C@@H](CCCCNC(=O)Cc3ccc(I)cc3)C(=O)O)cc2)N(C)CC1.O=C=O.O=C=O. The lowest BCUT2D eigenvalue weighted by Crippen LogP contribution is -2.51. The Morgan fingerprint density at radius 2 is 1.23 bits per heavy atom. The number of fused-ring (bicyclic) bond motifs is 1. The van der Waals surface area contributed by atoms with Gasteiger partial charge in [0.25, 0.3) is 11.8 Å². The Labute approximate surface area is 644 Å². The smallest absolute Gasteiger partial charge is 0.475 e. The molecule has 2 aliphatic rings. The number of carbonyl (C=O) groups excluding carboxylic acids is 11. The monoisotopic (exact) mass is 1640 g/mol. The van der Waals surface area contributed by atoms with Crippen molar-refractivity contribution >= 4 is 118 Å². The van der Waals surface area contributed by atoms with E-state index in [0.29, 0.717) is 120 Å². The fourth-order valence-electron chi connectivity index (χ4n) is 11.6. The third-order valence-electron chi connectivity index (χ3n) is 17.3. The first-order valence-corrected chi connectivity index (χ1v) is 36.6. The Bertz CT molecular complexity index is 3580. The molecular formula is C71H99BIN13O23. The second-order valence-electron chi connectivity index (χ2n) is 25.5. The fourth-order valence-corrected chi connectivity index (χ4v) is 11.9. The third kappa shape index (κ3) is 38.0. The number of unbranched alkanes of at least 4 members (excludes halogenated alkanes) is 2. The summed E-state index contributed by atoms with van der Waals surface area (Å²) in [5, 5.41) is 68.1. The molecule has 4 aromatic rings. The molecule has 0 saturated carbocycles. The van der Waals surface area contributed by atoms with Gasteiger partial charge in [0.1, 0.15) is 17.8 Å². The summed E-state index contributed by atoms with van der Waals surface area (Å²) in [6.07, 6.45) is 5.39. The predicted molar refractivity (Wildman–Crippen MR) is 399 cm³/mol. The maximum atomic E-state index is 13.8. The van der Waals surface area contributed by atoms with Crippen LogP contribution in [0.15, 0.2) is 79.0 Å². The molecule has 36 nitrogen and oxygen atoms in total. The van der Waals surface area contributed by atoms with Crippen molar-refractivity contribution in [2.75, 3.05) is 157 Å². The van der Waals surface area contributed by atoms with Crippen LogP contribution in [-0.4, -0.2) is 310 Å². The van der Waals surface area contributed by atoms with Crippen LogP contribution in [0.3, 0.4) is 0 Å². The molecule has 2 saturated heterocycles. The number of rotatable bonds is 42. The number of benzene rings is 3. The number of carboxylic acid groups (broad SMARTS) is 3. The molecule has 0 radical (unpaired) electrons. The lowest BCUT2D eigenvalue weighted by atomic mass is 9.78. The van der Waals surface area contributed by atoms with Crippen LogP contribution >= 0.6 is 22.6 Å². The molecule has 2 aliphatic heterocycles. The highest BCUT2D eigenvalue weighted by atomic mass is 127. The van der Waals surface area contributed by atoms with Gasteiger partial charge in [-0.3, -0.25) is 53.1 Å². The molecule has 12 N–H and O–H groups in total. The summed E-state index contributed by atoms with van der Waals surface area (Å²) in [6, 6.07) is 18.2. The number of pyridine rings is 1. The Morgan fingerprint density at radius 3 is 1.89 bits per heavy atom. The number of carboxylic acids is 3. The van der Waals surface area contributed by atoms with Crippen LogP contribution in [0.2, 0.25) is 0 Å². The molecule has 3 aromatic carbocycles. The molecule has 0 aliphatic carbocycles. The lowest BCUT2D eigenvalue weighted by molar-refractivity contribution is -0.193. The molecule has 1 unspecified atom stereocenters. The van der Waals surface area contributed by atoms with Crippen molar-refractivity contribution < 1.29 is 111 Å². The zero-order valence-corrected chi connectivity index (χ0v) is 63.3. The number of anilines is 1. The van der Waals surface area contributed by atoms with Crippen molar-refractivity contribution in [3.8, 4) is 5.75 Å². The van der Waals surface area contributed by atoms with E-state index in [1.165, 1.54) is 17.2 Å². The number of likely N-dealkylation sites (tertiary alicyclic amines) is 1. The van der Waals surface area contributed by atoms with E-state index in [9.17, 15) is 73.3 Å². The number of carbonyl (C=O) groups is 10. The van der Waals surface area contributed by atoms with Gasteiger partial charge < -0.3 is 96.2 Å². The number of ether oxygens (including phenoxy) is 4. The molecule has 0 spiro atoms. The van der Waals surface area contributed by atoms with Crippen LogP contribution in [-0.2, 0) is 84.6 Å². The van der Waals surface area contributed by atoms with Gasteiger partial charge in [-0.05, 0) is 148 Å². The first-order valence-electron chi connectivity index (χ1n) is 35.5. The highest BCUT2D eigenvalue weighted by Gasteiger charge is 2.37. The minimum atomic E-state index is -1.67. The normalized spacial score (nSPS) is 15.5. The summed E-state index contributed by atoms with van der Waals surface area (Å²) in [4.78, 5) is 173. The number of halogens is 1. The van der Waals surface area contributed by atoms with Crippen molar-refractivity contribution in [1.29, 1.82) is 0 Å². The quantitative estimate of drug-likeness (QED) is 0.0151. The zero-order chi connectivity index (χ0) is 79.9. The average molecular weight is 1640 g/mol. The molecule has 1 aromatic heterocycles. The number of hydrogen-bond acceptors (Lipinski definition) is 25. The van der Waals surface area contributed by atoms with Gasteiger partial charge in [0.15, 0.2) is 6.61 Å². The summed E-state index contributed by atoms with van der Waals surface area (Å²) in [6.45, 7) is 4.80. The van der Waals surface area contributed by atoms with E-state index in [0.717, 1.165) is 21.2 Å². The first-order chi connectivity index (χ1) is 52.3. The van der Waals surface area contributed by atoms with Gasteiger partial charge in [0.05, 0.1) is 82.7 Å². The first kappa shape index (κ1) is 92.0. The molecule has 596 valence electrons. The molecule has 109 heavy (non-hydrogen) atoms. The molecule has 6 rings (SSSR count). The summed E-state index contributed by atoms with van der Waals surface area (Å²) in [7, 11) is 2.33. The van der Waals surface area contributed by atoms with Crippen molar-refractivity contribution in [2.45, 2.75) is 94.7 Å². The van der Waals surface area contributed by atoms with Gasteiger partial charge in [0, 0.05) is 111 Å². The predicted octanol–water partition coefficient (Wildman–Crippen LogP) is -0.523. The number of aliphatic carboxylic acids is 3. The molecular weight excluding hydrogens is 1540 g/mol. The van der Waals surface area contributed by atoms with Gasteiger partial charge in [-0.1, -0.05) is 24.3 Å². The van der Waals surface area contributed by atoms with Gasteiger partial charge >= 0.3 is 43.4 Å². The van der Waals surface area contributed by atoms with Crippen LogP contribution in [0.25, 0.3) is 10.9 Å². The maximum Gasteiger partial charge on any atom is 0.475 e. The Balaban J connectivity index is 0.00000404. The zero-order valence-electron chi connectivity index (χ0n) is 61.2. The van der Waals surface area contributed by atoms with E-state index in [-0.39, 0.29) is 134 Å². The average Bonchev–Trinajstić information content (AvgIpc) is 1.02. The van der Waals surface area contributed by atoms with Gasteiger partial charge in [0.2, 0.25) is 23.6 Å². The third-order valence-corrected chi connectivity index (χ3v) is 18.0. The van der Waals surface area contributed by atoms with Crippen LogP contribution in [0.5, 0.6) is 5.75 Å². The summed E-state index contributed by atoms with van der Waals surface area (Å²) in [5.74, 6) is -6.32. The van der Waals surface area contributed by atoms with Gasteiger partial charge in [-0.15, -0.1) is 0 Å². The van der Waals surface area contributed by atoms with Crippen molar-refractivity contribution in [3.05, 3.63) is 99.3 Å². The number of nitrogens with one attached hydrogen (secondary N) is 7. The molecule has 8 amide bonds. The summed E-state index contributed by atoms with van der Waals surface area (Å²) >= 11 is 2.18. The van der Waals surface area contributed by atoms with Gasteiger partial charge in [-0.25, -0.2) is 9.59 Å². The van der Waals surface area contributed by atoms with Crippen LogP contribution in [0.1, 0.15) is 79.3 Å².